The second kappa shape index (κ2) is 2.90. The number of benzene rings is 1. The molecule has 0 aliphatic carbocycles. The van der Waals surface area contributed by atoms with Crippen molar-refractivity contribution in [3.05, 3.63) is 18.2 Å². The van der Waals surface area contributed by atoms with Gasteiger partial charge < -0.3 is 0 Å². The summed E-state index contributed by atoms with van der Waals surface area (Å²) < 4.78 is 29.8. The van der Waals surface area contributed by atoms with Crippen LogP contribution in [0.5, 0.6) is 0 Å². The van der Waals surface area contributed by atoms with Crippen LogP contribution in [-0.2, 0) is 9.05 Å². The highest BCUT2D eigenvalue weighted by molar-refractivity contribution is 8.14. The molecule has 0 aliphatic rings. The molecule has 0 radical (unpaired) electrons. The lowest BCUT2D eigenvalue weighted by Gasteiger charge is -1.94. The molecule has 2 rings (SSSR count). The van der Waals surface area contributed by atoms with Crippen LogP contribution < -0.4 is 0 Å². The average Bonchev–Trinajstić information content (AvgIpc) is 2.48. The van der Waals surface area contributed by atoms with E-state index in [1.54, 1.807) is 12.1 Å². The predicted molar refractivity (Wildman–Crippen MR) is 50.5 cm³/mol. The zero-order valence-electron chi connectivity index (χ0n) is 6.14. The number of hydrogen-bond donors (Lipinski definition) is 0. The van der Waals surface area contributed by atoms with Crippen LogP contribution in [0, 0.1) is 0 Å². The molecular weight excluding hydrogens is 232 g/mol. The second-order valence-corrected chi connectivity index (χ2v) is 5.39. The minimum Gasteiger partial charge on any atom is -0.207 e. The minimum absolute atomic E-state index is 0.0143. The molecule has 0 bridgehead atoms. The van der Waals surface area contributed by atoms with Crippen LogP contribution in [-0.4, -0.2) is 17.2 Å². The Balaban J connectivity index is 2.91. The first-order chi connectivity index (χ1) is 6.09. The van der Waals surface area contributed by atoms with Gasteiger partial charge in [0.2, 0.25) is 0 Å². The van der Waals surface area contributed by atoms with Gasteiger partial charge in [-0.05, 0) is 12.1 Å². The highest BCUT2D eigenvalue weighted by atomic mass is 35.7. The number of hydrogen-bond acceptors (Lipinski definition) is 5. The van der Waals surface area contributed by atoms with Crippen molar-refractivity contribution in [1.29, 1.82) is 0 Å². The van der Waals surface area contributed by atoms with Crippen LogP contribution in [0.25, 0.3) is 11.0 Å². The largest absolute Gasteiger partial charge is 0.263 e. The van der Waals surface area contributed by atoms with Crippen molar-refractivity contribution in [2.24, 2.45) is 0 Å². The van der Waals surface area contributed by atoms with Crippen molar-refractivity contribution < 1.29 is 8.42 Å². The normalized spacial score (nSPS) is 12.1. The van der Waals surface area contributed by atoms with E-state index in [0.29, 0.717) is 11.0 Å². The summed E-state index contributed by atoms with van der Waals surface area (Å²) in [4.78, 5) is 0.0143. The fourth-order valence-electron chi connectivity index (χ4n) is 0.978. The molecule has 68 valence electrons. The van der Waals surface area contributed by atoms with Gasteiger partial charge in [0.25, 0.3) is 9.05 Å². The van der Waals surface area contributed by atoms with Crippen molar-refractivity contribution >= 4 is 42.5 Å². The van der Waals surface area contributed by atoms with Crippen LogP contribution in [0.3, 0.4) is 0 Å². The quantitative estimate of drug-likeness (QED) is 0.704. The molecule has 0 spiro atoms. The van der Waals surface area contributed by atoms with Crippen molar-refractivity contribution in [1.82, 2.24) is 8.75 Å². The summed E-state index contributed by atoms with van der Waals surface area (Å²) in [5, 5.41) is 0. The molecule has 1 aromatic heterocycles. The van der Waals surface area contributed by atoms with Gasteiger partial charge in [0.1, 0.15) is 15.9 Å². The topological polar surface area (TPSA) is 59.9 Å². The zero-order chi connectivity index (χ0) is 9.47. The Morgan fingerprint density at radius 1 is 1.31 bits per heavy atom. The second-order valence-electron chi connectivity index (χ2n) is 2.33. The third kappa shape index (κ3) is 1.52. The maximum Gasteiger partial charge on any atom is 0.263 e. The molecule has 0 saturated carbocycles. The molecule has 0 unspecified atom stereocenters. The molecule has 0 saturated heterocycles. The Labute approximate surface area is 82.9 Å². The first-order valence-corrected chi connectivity index (χ1v) is 6.29. The summed E-state index contributed by atoms with van der Waals surface area (Å²) in [6, 6.07) is 4.68. The Morgan fingerprint density at radius 2 is 2.08 bits per heavy atom. The molecule has 0 fully saturated rings. The highest BCUT2D eigenvalue weighted by Gasteiger charge is 2.15. The molecule has 1 heterocycles. The van der Waals surface area contributed by atoms with Crippen LogP contribution in [0.15, 0.2) is 23.1 Å². The van der Waals surface area contributed by atoms with E-state index >= 15 is 0 Å². The lowest BCUT2D eigenvalue weighted by Crippen LogP contribution is -1.91. The molecule has 7 heteroatoms. The molecule has 1 aromatic carbocycles. The van der Waals surface area contributed by atoms with Crippen molar-refractivity contribution in [3.8, 4) is 0 Å². The van der Waals surface area contributed by atoms with Crippen LogP contribution >= 0.6 is 22.4 Å². The Bertz CT molecular complexity index is 549. The summed E-state index contributed by atoms with van der Waals surface area (Å²) in [6.45, 7) is 0. The fourth-order valence-corrected chi connectivity index (χ4v) is 2.58. The van der Waals surface area contributed by atoms with Gasteiger partial charge >= 0.3 is 0 Å². The minimum atomic E-state index is -3.72. The van der Waals surface area contributed by atoms with Gasteiger partial charge in [-0.2, -0.15) is 8.75 Å². The lowest BCUT2D eigenvalue weighted by molar-refractivity contribution is 0.610. The van der Waals surface area contributed by atoms with E-state index in [1.165, 1.54) is 6.07 Å². The number of nitrogens with zero attached hydrogens (tertiary/aromatic N) is 2. The van der Waals surface area contributed by atoms with E-state index in [2.05, 4.69) is 8.75 Å². The first kappa shape index (κ1) is 8.86. The molecule has 4 nitrogen and oxygen atoms in total. The standard InChI is InChI=1S/C6H3ClN2O2S2/c7-13(10,11)5-3-1-2-4-6(5)9-12-8-4/h1-3H. The highest BCUT2D eigenvalue weighted by Crippen LogP contribution is 2.23. The molecule has 0 aliphatic heterocycles. The van der Waals surface area contributed by atoms with Crippen molar-refractivity contribution in [3.63, 3.8) is 0 Å². The summed E-state index contributed by atoms with van der Waals surface area (Å²) in [7, 11) is 1.48. The van der Waals surface area contributed by atoms with E-state index in [-0.39, 0.29) is 4.90 Å². The van der Waals surface area contributed by atoms with Crippen LogP contribution in [0.4, 0.5) is 0 Å². The Hall–Kier alpha value is -0.720. The third-order valence-electron chi connectivity index (χ3n) is 1.51. The first-order valence-electron chi connectivity index (χ1n) is 3.25. The van der Waals surface area contributed by atoms with Crippen molar-refractivity contribution in [2.75, 3.05) is 0 Å². The number of aromatic nitrogens is 2. The van der Waals surface area contributed by atoms with Gasteiger partial charge in [-0.25, -0.2) is 8.42 Å². The van der Waals surface area contributed by atoms with Gasteiger partial charge in [-0.3, -0.25) is 0 Å². The molecule has 0 amide bonds. The molecular formula is C6H3ClN2O2S2. The Kier molecular flexibility index (Phi) is 1.98. The smallest absolute Gasteiger partial charge is 0.207 e. The monoisotopic (exact) mass is 234 g/mol. The summed E-state index contributed by atoms with van der Waals surface area (Å²) >= 11 is 0.960. The lowest BCUT2D eigenvalue weighted by atomic mass is 10.3. The molecule has 13 heavy (non-hydrogen) atoms. The van der Waals surface area contributed by atoms with E-state index in [0.717, 1.165) is 11.7 Å². The maximum absolute atomic E-state index is 11.0. The van der Waals surface area contributed by atoms with Gasteiger partial charge in [0, 0.05) is 10.7 Å². The van der Waals surface area contributed by atoms with E-state index in [9.17, 15) is 8.42 Å². The average molecular weight is 235 g/mol. The van der Waals surface area contributed by atoms with Gasteiger partial charge in [0.15, 0.2) is 0 Å². The van der Waals surface area contributed by atoms with Crippen molar-refractivity contribution in [2.45, 2.75) is 4.90 Å². The number of fused-ring (bicyclic) bond motifs is 1. The third-order valence-corrected chi connectivity index (χ3v) is 3.41. The van der Waals surface area contributed by atoms with Gasteiger partial charge in [-0.15, -0.1) is 0 Å². The molecule has 0 N–H and O–H groups in total. The summed E-state index contributed by atoms with van der Waals surface area (Å²) in [6.07, 6.45) is 0. The molecule has 2 aromatic rings. The number of halogens is 1. The summed E-state index contributed by atoms with van der Waals surface area (Å²) in [5.74, 6) is 0. The fraction of sp³-hybridized carbons (Fsp3) is 0. The predicted octanol–water partition coefficient (Wildman–Crippen LogP) is 1.62. The molecule has 0 atom stereocenters. The van der Waals surface area contributed by atoms with E-state index < -0.39 is 9.05 Å². The van der Waals surface area contributed by atoms with Gasteiger partial charge in [-0.1, -0.05) is 6.07 Å². The van der Waals surface area contributed by atoms with Crippen LogP contribution in [0.1, 0.15) is 0 Å². The van der Waals surface area contributed by atoms with E-state index in [4.69, 9.17) is 10.7 Å². The Morgan fingerprint density at radius 3 is 2.77 bits per heavy atom. The van der Waals surface area contributed by atoms with Gasteiger partial charge in [0.05, 0.1) is 11.7 Å². The number of rotatable bonds is 1. The van der Waals surface area contributed by atoms with Crippen LogP contribution in [0.2, 0.25) is 0 Å². The zero-order valence-corrected chi connectivity index (χ0v) is 8.53. The SMILES string of the molecule is O=S(=O)(Cl)c1cccc2nsnc12. The summed E-state index contributed by atoms with van der Waals surface area (Å²) in [5.41, 5.74) is 0.884. The van der Waals surface area contributed by atoms with E-state index in [1.807, 2.05) is 0 Å². The maximum atomic E-state index is 11.0.